The van der Waals surface area contributed by atoms with Gasteiger partial charge in [0.1, 0.15) is 0 Å². The van der Waals surface area contributed by atoms with Gasteiger partial charge in [-0.05, 0) is 56.2 Å². The van der Waals surface area contributed by atoms with Gasteiger partial charge in [-0.15, -0.1) is 11.8 Å². The minimum absolute atomic E-state index is 0.151. The molecular formula is C22H25N3O4S. The predicted molar refractivity (Wildman–Crippen MR) is 115 cm³/mol. The van der Waals surface area contributed by atoms with Crippen molar-refractivity contribution in [1.82, 2.24) is 15.5 Å². The zero-order valence-corrected chi connectivity index (χ0v) is 18.5. The number of carbonyl (C=O) groups is 1. The molecule has 3 rings (SSSR count). The number of benzene rings is 2. The largest absolute Gasteiger partial charge is 0.493 e. The number of aryl methyl sites for hydroxylation is 2. The van der Waals surface area contributed by atoms with Crippen LogP contribution in [0.1, 0.15) is 46.2 Å². The van der Waals surface area contributed by atoms with E-state index in [4.69, 9.17) is 14.0 Å². The minimum Gasteiger partial charge on any atom is -0.493 e. The lowest BCUT2D eigenvalue weighted by molar-refractivity contribution is 0.0937. The van der Waals surface area contributed by atoms with Crippen LogP contribution < -0.4 is 14.8 Å². The van der Waals surface area contributed by atoms with Gasteiger partial charge >= 0.3 is 0 Å². The van der Waals surface area contributed by atoms with Gasteiger partial charge in [-0.1, -0.05) is 17.3 Å². The molecule has 0 fully saturated rings. The Bertz CT molecular complexity index is 1030. The molecular weight excluding hydrogens is 402 g/mol. The molecule has 0 saturated carbocycles. The Labute approximate surface area is 180 Å². The number of nitrogens with zero attached hydrogens (tertiary/aromatic N) is 2. The molecule has 158 valence electrons. The van der Waals surface area contributed by atoms with Crippen LogP contribution in [0.2, 0.25) is 0 Å². The van der Waals surface area contributed by atoms with E-state index in [0.717, 1.165) is 16.0 Å². The lowest BCUT2D eigenvalue weighted by Gasteiger charge is -2.20. The second-order valence-electron chi connectivity index (χ2n) is 6.78. The van der Waals surface area contributed by atoms with Gasteiger partial charge in [-0.3, -0.25) is 4.79 Å². The first-order valence-electron chi connectivity index (χ1n) is 9.47. The Morgan fingerprint density at radius 2 is 1.87 bits per heavy atom. The second kappa shape index (κ2) is 9.67. The maximum atomic E-state index is 13.0. The highest BCUT2D eigenvalue weighted by atomic mass is 32.2. The Kier molecular flexibility index (Phi) is 6.99. The van der Waals surface area contributed by atoms with Crippen LogP contribution in [0.5, 0.6) is 11.5 Å². The smallest absolute Gasteiger partial charge is 0.252 e. The standard InChI is InChI=1S/C22H25N3O4S/c1-13-10-18(27-4)19(28-5)11-17(13)14(2)23-22(26)16-8-6-7-9-20(16)30-12-21-24-15(3)25-29-21/h6-11,14H,12H2,1-5H3,(H,23,26)/t14-/m1/s1. The number of carbonyl (C=O) groups excluding carboxylic acids is 1. The summed E-state index contributed by atoms with van der Waals surface area (Å²) in [5, 5.41) is 6.88. The monoisotopic (exact) mass is 427 g/mol. The van der Waals surface area contributed by atoms with E-state index in [0.29, 0.717) is 34.5 Å². The summed E-state index contributed by atoms with van der Waals surface area (Å²) in [7, 11) is 3.20. The highest BCUT2D eigenvalue weighted by Crippen LogP contribution is 2.33. The predicted octanol–water partition coefficient (Wildman–Crippen LogP) is 4.49. The summed E-state index contributed by atoms with van der Waals surface area (Å²) in [6, 6.07) is 11.1. The van der Waals surface area contributed by atoms with Crippen LogP contribution in [-0.2, 0) is 5.75 Å². The molecule has 1 atom stereocenters. The molecule has 3 aromatic rings. The van der Waals surface area contributed by atoms with E-state index in [1.807, 2.05) is 50.2 Å². The summed E-state index contributed by atoms with van der Waals surface area (Å²) < 4.78 is 15.9. The maximum absolute atomic E-state index is 13.0. The van der Waals surface area contributed by atoms with Gasteiger partial charge in [0.25, 0.3) is 5.91 Å². The van der Waals surface area contributed by atoms with Crippen molar-refractivity contribution < 1.29 is 18.8 Å². The molecule has 0 unspecified atom stereocenters. The number of amides is 1. The van der Waals surface area contributed by atoms with Gasteiger partial charge in [-0.2, -0.15) is 4.98 Å². The number of methoxy groups -OCH3 is 2. The van der Waals surface area contributed by atoms with Gasteiger partial charge in [0.15, 0.2) is 17.3 Å². The summed E-state index contributed by atoms with van der Waals surface area (Å²) in [5.74, 6) is 2.76. The van der Waals surface area contributed by atoms with Gasteiger partial charge in [0.05, 0.1) is 31.6 Å². The molecule has 0 aliphatic rings. The Morgan fingerprint density at radius 3 is 2.53 bits per heavy atom. The average molecular weight is 428 g/mol. The number of aromatic nitrogens is 2. The van der Waals surface area contributed by atoms with Crippen molar-refractivity contribution in [3.8, 4) is 11.5 Å². The quantitative estimate of drug-likeness (QED) is 0.530. The first-order chi connectivity index (χ1) is 14.4. The van der Waals surface area contributed by atoms with Gasteiger partial charge in [-0.25, -0.2) is 0 Å². The van der Waals surface area contributed by atoms with Gasteiger partial charge in [0, 0.05) is 4.90 Å². The van der Waals surface area contributed by atoms with Crippen LogP contribution in [0.25, 0.3) is 0 Å². The van der Waals surface area contributed by atoms with Crippen LogP contribution in [0.4, 0.5) is 0 Å². The molecule has 0 radical (unpaired) electrons. The number of nitrogens with one attached hydrogen (secondary N) is 1. The van der Waals surface area contributed by atoms with Crippen molar-refractivity contribution in [1.29, 1.82) is 0 Å². The topological polar surface area (TPSA) is 86.5 Å². The first kappa shape index (κ1) is 21.7. The van der Waals surface area contributed by atoms with E-state index < -0.39 is 0 Å². The Morgan fingerprint density at radius 1 is 1.17 bits per heavy atom. The lowest BCUT2D eigenvalue weighted by atomic mass is 10.0. The first-order valence-corrected chi connectivity index (χ1v) is 10.5. The molecule has 0 aliphatic carbocycles. The summed E-state index contributed by atoms with van der Waals surface area (Å²) in [6.07, 6.45) is 0. The Balaban J connectivity index is 1.76. The number of rotatable bonds is 8. The van der Waals surface area contributed by atoms with Crippen molar-refractivity contribution in [2.24, 2.45) is 0 Å². The molecule has 0 bridgehead atoms. The molecule has 0 aliphatic heterocycles. The van der Waals surface area contributed by atoms with Gasteiger partial charge < -0.3 is 19.3 Å². The zero-order chi connectivity index (χ0) is 21.7. The van der Waals surface area contributed by atoms with Gasteiger partial charge in [0.2, 0.25) is 5.89 Å². The molecule has 7 nitrogen and oxygen atoms in total. The van der Waals surface area contributed by atoms with E-state index in [1.54, 1.807) is 21.1 Å². The van der Waals surface area contributed by atoms with E-state index in [9.17, 15) is 4.79 Å². The average Bonchev–Trinajstić information content (AvgIpc) is 3.17. The van der Waals surface area contributed by atoms with Crippen molar-refractivity contribution in [2.45, 2.75) is 37.5 Å². The number of ether oxygens (including phenoxy) is 2. The van der Waals surface area contributed by atoms with Crippen molar-refractivity contribution in [3.63, 3.8) is 0 Å². The van der Waals surface area contributed by atoms with Crippen LogP contribution in [0.3, 0.4) is 0 Å². The third-order valence-corrected chi connectivity index (χ3v) is 5.70. The van der Waals surface area contributed by atoms with Crippen LogP contribution in [0.15, 0.2) is 45.8 Å². The van der Waals surface area contributed by atoms with Crippen molar-refractivity contribution >= 4 is 17.7 Å². The van der Waals surface area contributed by atoms with Crippen molar-refractivity contribution in [3.05, 3.63) is 64.8 Å². The molecule has 30 heavy (non-hydrogen) atoms. The summed E-state index contributed by atoms with van der Waals surface area (Å²) in [4.78, 5) is 18.1. The molecule has 2 aromatic carbocycles. The third kappa shape index (κ3) is 4.94. The highest BCUT2D eigenvalue weighted by Gasteiger charge is 2.19. The second-order valence-corrected chi connectivity index (χ2v) is 7.80. The van der Waals surface area contributed by atoms with E-state index in [2.05, 4.69) is 15.5 Å². The fourth-order valence-electron chi connectivity index (χ4n) is 3.13. The molecule has 0 saturated heterocycles. The SMILES string of the molecule is COc1cc(C)c([C@@H](C)NC(=O)c2ccccc2SCc2nc(C)no2)cc1OC. The van der Waals surface area contributed by atoms with Crippen molar-refractivity contribution in [2.75, 3.05) is 14.2 Å². The minimum atomic E-state index is -0.214. The summed E-state index contributed by atoms with van der Waals surface area (Å²) >= 11 is 1.49. The van der Waals surface area contributed by atoms with Crippen LogP contribution in [-0.4, -0.2) is 30.3 Å². The van der Waals surface area contributed by atoms with E-state index in [1.165, 1.54) is 11.8 Å². The zero-order valence-electron chi connectivity index (χ0n) is 17.7. The number of hydrogen-bond acceptors (Lipinski definition) is 7. The Hall–Kier alpha value is -3.00. The van der Waals surface area contributed by atoms with Crippen LogP contribution in [0, 0.1) is 13.8 Å². The lowest BCUT2D eigenvalue weighted by Crippen LogP contribution is -2.27. The maximum Gasteiger partial charge on any atom is 0.252 e. The number of hydrogen-bond donors (Lipinski definition) is 1. The highest BCUT2D eigenvalue weighted by molar-refractivity contribution is 7.98. The molecule has 1 amide bonds. The molecule has 8 heteroatoms. The molecule has 1 heterocycles. The summed E-state index contributed by atoms with van der Waals surface area (Å²) in [6.45, 7) is 5.70. The normalized spacial score (nSPS) is 11.8. The van der Waals surface area contributed by atoms with E-state index in [-0.39, 0.29) is 11.9 Å². The molecule has 0 spiro atoms. The fourth-order valence-corrected chi connectivity index (χ4v) is 4.02. The third-order valence-electron chi connectivity index (χ3n) is 4.64. The van der Waals surface area contributed by atoms with Crippen LogP contribution >= 0.6 is 11.8 Å². The molecule has 1 aromatic heterocycles. The molecule has 1 N–H and O–H groups in total. The number of thioether (sulfide) groups is 1. The van der Waals surface area contributed by atoms with E-state index >= 15 is 0 Å². The summed E-state index contributed by atoms with van der Waals surface area (Å²) in [5.41, 5.74) is 2.58. The fraction of sp³-hybridized carbons (Fsp3) is 0.318.